The van der Waals surface area contributed by atoms with Gasteiger partial charge in [-0.15, -0.1) is 0 Å². The van der Waals surface area contributed by atoms with Gasteiger partial charge in [-0.05, 0) is 42.5 Å². The van der Waals surface area contributed by atoms with Gasteiger partial charge in [-0.25, -0.2) is 4.98 Å². The molecule has 0 saturated carbocycles. The number of aryl methyl sites for hydroxylation is 2. The summed E-state index contributed by atoms with van der Waals surface area (Å²) in [6, 6.07) is 15.8. The van der Waals surface area contributed by atoms with Crippen LogP contribution in [-0.4, -0.2) is 42.1 Å². The third kappa shape index (κ3) is 3.90. The summed E-state index contributed by atoms with van der Waals surface area (Å²) in [5, 5.41) is 1.86. The normalized spacial score (nSPS) is 14.8. The largest absolute Gasteiger partial charge is 0.490 e. The molecular weight excluding hydrogens is 364 g/mol. The summed E-state index contributed by atoms with van der Waals surface area (Å²) in [5.74, 6) is 1.40. The number of rotatable bonds is 4. The summed E-state index contributed by atoms with van der Waals surface area (Å²) >= 11 is 0. The zero-order valence-corrected chi connectivity index (χ0v) is 17.1. The number of likely N-dealkylation sites (tertiary alicyclic amines) is 1. The molecule has 4 rings (SSSR count). The van der Waals surface area contributed by atoms with Crippen molar-refractivity contribution >= 4 is 16.7 Å². The van der Waals surface area contributed by atoms with Crippen molar-refractivity contribution in [1.82, 2.24) is 9.88 Å². The van der Waals surface area contributed by atoms with Gasteiger partial charge in [-0.1, -0.05) is 36.4 Å². The van der Waals surface area contributed by atoms with Crippen molar-refractivity contribution in [3.8, 4) is 11.6 Å². The Kier molecular flexibility index (Phi) is 5.38. The van der Waals surface area contributed by atoms with E-state index in [0.717, 1.165) is 40.5 Å². The van der Waals surface area contributed by atoms with Gasteiger partial charge in [0.2, 0.25) is 5.88 Å². The topological polar surface area (TPSA) is 51.7 Å². The Balaban J connectivity index is 1.46. The lowest BCUT2D eigenvalue weighted by Crippen LogP contribution is -2.42. The molecule has 3 aromatic rings. The number of piperidine rings is 1. The maximum atomic E-state index is 13.1. The van der Waals surface area contributed by atoms with Gasteiger partial charge in [0.25, 0.3) is 5.91 Å². The molecule has 1 aliphatic heterocycles. The fourth-order valence-electron chi connectivity index (χ4n) is 3.92. The molecule has 1 aliphatic rings. The minimum atomic E-state index is -0.0559. The first-order valence-corrected chi connectivity index (χ1v) is 10.0. The van der Waals surface area contributed by atoms with E-state index in [9.17, 15) is 4.79 Å². The molecule has 0 bridgehead atoms. The molecule has 1 amide bonds. The highest BCUT2D eigenvalue weighted by molar-refractivity contribution is 5.98. The Bertz CT molecular complexity index is 1020. The molecule has 0 N–H and O–H groups in total. The highest BCUT2D eigenvalue weighted by atomic mass is 16.5. The SMILES string of the molecule is COc1nc(C(=O)N2CCC(Oc3c(C)cccc3C)CC2)cc2ccccc12. The van der Waals surface area contributed by atoms with Crippen molar-refractivity contribution in [2.45, 2.75) is 32.8 Å². The Morgan fingerprint density at radius 2 is 1.72 bits per heavy atom. The van der Waals surface area contributed by atoms with E-state index in [4.69, 9.17) is 9.47 Å². The van der Waals surface area contributed by atoms with Crippen LogP contribution in [0.4, 0.5) is 0 Å². The van der Waals surface area contributed by atoms with E-state index < -0.39 is 0 Å². The first kappa shape index (κ1) is 19.2. The highest BCUT2D eigenvalue weighted by Crippen LogP contribution is 2.28. The smallest absolute Gasteiger partial charge is 0.272 e. The van der Waals surface area contributed by atoms with Crippen molar-refractivity contribution in [3.63, 3.8) is 0 Å². The molecule has 0 aliphatic carbocycles. The third-order valence-electron chi connectivity index (χ3n) is 5.54. The highest BCUT2D eigenvalue weighted by Gasteiger charge is 2.26. The number of pyridine rings is 1. The number of para-hydroxylation sites is 1. The maximum Gasteiger partial charge on any atom is 0.272 e. The van der Waals surface area contributed by atoms with Gasteiger partial charge in [0.05, 0.1) is 7.11 Å². The minimum Gasteiger partial charge on any atom is -0.490 e. The van der Waals surface area contributed by atoms with Crippen LogP contribution in [0.1, 0.15) is 34.5 Å². The average molecular weight is 390 g/mol. The van der Waals surface area contributed by atoms with Gasteiger partial charge >= 0.3 is 0 Å². The van der Waals surface area contributed by atoms with Crippen molar-refractivity contribution in [3.05, 3.63) is 65.4 Å². The predicted molar refractivity (Wildman–Crippen MR) is 114 cm³/mol. The van der Waals surface area contributed by atoms with E-state index in [0.29, 0.717) is 24.7 Å². The van der Waals surface area contributed by atoms with Gasteiger partial charge in [0.1, 0.15) is 17.5 Å². The van der Waals surface area contributed by atoms with Gasteiger partial charge in [0.15, 0.2) is 0 Å². The van der Waals surface area contributed by atoms with Gasteiger partial charge in [0, 0.05) is 31.3 Å². The maximum absolute atomic E-state index is 13.1. The van der Waals surface area contributed by atoms with Gasteiger partial charge in [-0.3, -0.25) is 4.79 Å². The fourth-order valence-corrected chi connectivity index (χ4v) is 3.92. The van der Waals surface area contributed by atoms with Crippen LogP contribution >= 0.6 is 0 Å². The summed E-state index contributed by atoms with van der Waals surface area (Å²) in [6.07, 6.45) is 1.74. The number of carbonyl (C=O) groups is 1. The molecule has 29 heavy (non-hydrogen) atoms. The van der Waals surface area contributed by atoms with E-state index in [1.54, 1.807) is 7.11 Å². The number of hydrogen-bond acceptors (Lipinski definition) is 4. The van der Waals surface area contributed by atoms with Crippen LogP contribution in [0.2, 0.25) is 0 Å². The summed E-state index contributed by atoms with van der Waals surface area (Å²) < 4.78 is 11.7. The number of aromatic nitrogens is 1. The number of benzene rings is 2. The summed E-state index contributed by atoms with van der Waals surface area (Å²) in [7, 11) is 1.58. The minimum absolute atomic E-state index is 0.0559. The number of nitrogens with zero attached hydrogens (tertiary/aromatic N) is 2. The number of methoxy groups -OCH3 is 1. The van der Waals surface area contributed by atoms with E-state index in [-0.39, 0.29) is 12.0 Å². The molecule has 1 fully saturated rings. The first-order chi connectivity index (χ1) is 14.1. The Morgan fingerprint density at radius 3 is 2.41 bits per heavy atom. The van der Waals surface area contributed by atoms with Gasteiger partial charge < -0.3 is 14.4 Å². The van der Waals surface area contributed by atoms with Crippen LogP contribution in [0.3, 0.4) is 0 Å². The van der Waals surface area contributed by atoms with Crippen molar-refractivity contribution < 1.29 is 14.3 Å². The number of carbonyl (C=O) groups excluding carboxylic acids is 1. The quantitative estimate of drug-likeness (QED) is 0.656. The molecule has 0 spiro atoms. The standard InChI is InChI=1S/C24H26N2O3/c1-16-7-6-8-17(2)22(16)29-19-11-13-26(14-12-19)24(27)21-15-18-9-4-5-10-20(18)23(25-21)28-3/h4-10,15,19H,11-14H2,1-3H3. The molecule has 0 radical (unpaired) electrons. The Hall–Kier alpha value is -3.08. The van der Waals surface area contributed by atoms with E-state index in [2.05, 4.69) is 31.0 Å². The zero-order valence-electron chi connectivity index (χ0n) is 17.1. The van der Waals surface area contributed by atoms with E-state index >= 15 is 0 Å². The van der Waals surface area contributed by atoms with Crippen LogP contribution in [0, 0.1) is 13.8 Å². The molecule has 0 atom stereocenters. The van der Waals surface area contributed by atoms with Crippen LogP contribution in [-0.2, 0) is 0 Å². The second kappa shape index (κ2) is 8.11. The lowest BCUT2D eigenvalue weighted by Gasteiger charge is -2.32. The third-order valence-corrected chi connectivity index (χ3v) is 5.54. The van der Waals surface area contributed by atoms with Gasteiger partial charge in [-0.2, -0.15) is 0 Å². The van der Waals surface area contributed by atoms with Crippen molar-refractivity contribution in [2.24, 2.45) is 0 Å². The molecule has 150 valence electrons. The lowest BCUT2D eigenvalue weighted by atomic mass is 10.1. The summed E-state index contributed by atoms with van der Waals surface area (Å²) in [6.45, 7) is 5.45. The lowest BCUT2D eigenvalue weighted by molar-refractivity contribution is 0.0587. The summed E-state index contributed by atoms with van der Waals surface area (Å²) in [5.41, 5.74) is 2.72. The number of amides is 1. The van der Waals surface area contributed by atoms with E-state index in [1.165, 1.54) is 0 Å². The molecule has 1 aromatic heterocycles. The van der Waals surface area contributed by atoms with Crippen molar-refractivity contribution in [2.75, 3.05) is 20.2 Å². The summed E-state index contributed by atoms with van der Waals surface area (Å²) in [4.78, 5) is 19.4. The van der Waals surface area contributed by atoms with Crippen molar-refractivity contribution in [1.29, 1.82) is 0 Å². The van der Waals surface area contributed by atoms with Crippen LogP contribution in [0.5, 0.6) is 11.6 Å². The zero-order chi connectivity index (χ0) is 20.4. The number of ether oxygens (including phenoxy) is 2. The Labute approximate surface area is 171 Å². The van der Waals surface area contributed by atoms with E-state index in [1.807, 2.05) is 41.3 Å². The second-order valence-electron chi connectivity index (χ2n) is 7.57. The molecule has 5 nitrogen and oxygen atoms in total. The number of hydrogen-bond donors (Lipinski definition) is 0. The second-order valence-corrected chi connectivity index (χ2v) is 7.57. The number of fused-ring (bicyclic) bond motifs is 1. The molecule has 2 aromatic carbocycles. The van der Waals surface area contributed by atoms with Crippen LogP contribution in [0.15, 0.2) is 48.5 Å². The molecule has 0 unspecified atom stereocenters. The molecular formula is C24H26N2O3. The predicted octanol–water partition coefficient (Wildman–Crippen LogP) is 4.54. The molecule has 1 saturated heterocycles. The first-order valence-electron chi connectivity index (χ1n) is 10.0. The Morgan fingerprint density at radius 1 is 1.03 bits per heavy atom. The fraction of sp³-hybridized carbons (Fsp3) is 0.333. The molecule has 5 heteroatoms. The van der Waals surface area contributed by atoms with Crippen LogP contribution < -0.4 is 9.47 Å². The average Bonchev–Trinajstić information content (AvgIpc) is 2.75. The molecule has 2 heterocycles. The monoisotopic (exact) mass is 390 g/mol. The van der Waals surface area contributed by atoms with Crippen LogP contribution in [0.25, 0.3) is 10.8 Å².